The van der Waals surface area contributed by atoms with Crippen molar-refractivity contribution in [2.24, 2.45) is 0 Å². The second kappa shape index (κ2) is 9.69. The van der Waals surface area contributed by atoms with Gasteiger partial charge in [-0.3, -0.25) is 4.79 Å². The molecule has 2 rings (SSSR count). The Labute approximate surface area is 160 Å². The van der Waals surface area contributed by atoms with Crippen LogP contribution in [0.2, 0.25) is 5.02 Å². The van der Waals surface area contributed by atoms with Gasteiger partial charge in [0, 0.05) is 56.2 Å². The van der Waals surface area contributed by atoms with Crippen molar-refractivity contribution in [3.05, 3.63) is 66.4 Å². The first-order valence-electron chi connectivity index (χ1n) is 8.46. The van der Waals surface area contributed by atoms with Gasteiger partial charge in [0.15, 0.2) is 0 Å². The predicted octanol–water partition coefficient (Wildman–Crippen LogP) is 3.07. The average molecular weight is 371 g/mol. The molecule has 0 spiro atoms. The van der Waals surface area contributed by atoms with Crippen LogP contribution < -0.4 is 4.90 Å². The molecule has 1 aromatic carbocycles. The molecule has 1 aliphatic heterocycles. The van der Waals surface area contributed by atoms with Crippen LogP contribution in [0.5, 0.6) is 0 Å². The van der Waals surface area contributed by atoms with Crippen LogP contribution in [-0.4, -0.2) is 55.0 Å². The van der Waals surface area contributed by atoms with E-state index in [1.165, 1.54) is 4.90 Å². The molecular weight excluding hydrogens is 348 g/mol. The minimum absolute atomic E-state index is 0.130. The molecule has 1 amide bonds. The monoisotopic (exact) mass is 370 g/mol. The maximum absolute atomic E-state index is 12.5. The van der Waals surface area contributed by atoms with E-state index in [2.05, 4.69) is 18.1 Å². The number of anilines is 1. The summed E-state index contributed by atoms with van der Waals surface area (Å²) < 4.78 is 0. The smallest absolute Gasteiger partial charge is 0.266 e. The number of hydrogen-bond acceptors (Lipinski definition) is 4. The summed E-state index contributed by atoms with van der Waals surface area (Å²) in [6, 6.07) is 9.79. The Bertz CT molecular complexity index is 720. The third-order valence-electron chi connectivity index (χ3n) is 4.14. The molecule has 26 heavy (non-hydrogen) atoms. The summed E-state index contributed by atoms with van der Waals surface area (Å²) >= 11 is 6.06. The number of hydrogen-bond donors (Lipinski definition) is 0. The first-order valence-corrected chi connectivity index (χ1v) is 8.84. The van der Waals surface area contributed by atoms with Crippen molar-refractivity contribution in [2.45, 2.75) is 0 Å². The lowest BCUT2D eigenvalue weighted by Gasteiger charge is -2.35. The Morgan fingerprint density at radius 2 is 1.88 bits per heavy atom. The summed E-state index contributed by atoms with van der Waals surface area (Å²) in [5.74, 6) is -0.301. The fourth-order valence-corrected chi connectivity index (χ4v) is 3.00. The lowest BCUT2D eigenvalue weighted by Crippen LogP contribution is -2.44. The van der Waals surface area contributed by atoms with Gasteiger partial charge < -0.3 is 14.7 Å². The van der Waals surface area contributed by atoms with Crippen LogP contribution in [0.25, 0.3) is 0 Å². The van der Waals surface area contributed by atoms with Crippen LogP contribution in [0.3, 0.4) is 0 Å². The quantitative estimate of drug-likeness (QED) is 0.420. The van der Waals surface area contributed by atoms with Crippen molar-refractivity contribution in [2.75, 3.05) is 44.2 Å². The molecule has 0 N–H and O–H groups in total. The van der Waals surface area contributed by atoms with Crippen molar-refractivity contribution in [1.82, 2.24) is 9.80 Å². The number of benzene rings is 1. The summed E-state index contributed by atoms with van der Waals surface area (Å²) in [6.07, 6.45) is 4.94. The topological polar surface area (TPSA) is 50.6 Å². The van der Waals surface area contributed by atoms with E-state index < -0.39 is 0 Å². The maximum atomic E-state index is 12.5. The fourth-order valence-electron chi connectivity index (χ4n) is 2.82. The van der Waals surface area contributed by atoms with Gasteiger partial charge in [0.05, 0.1) is 0 Å². The molecule has 0 saturated carbocycles. The molecule has 5 nitrogen and oxygen atoms in total. The highest BCUT2D eigenvalue weighted by Gasteiger charge is 2.20. The van der Waals surface area contributed by atoms with E-state index >= 15 is 0 Å². The van der Waals surface area contributed by atoms with E-state index in [1.54, 1.807) is 18.4 Å². The molecule has 0 aromatic heterocycles. The van der Waals surface area contributed by atoms with Crippen LogP contribution in [-0.2, 0) is 4.79 Å². The zero-order chi connectivity index (χ0) is 18.9. The Morgan fingerprint density at radius 3 is 2.42 bits per heavy atom. The van der Waals surface area contributed by atoms with Gasteiger partial charge in [-0.25, -0.2) is 0 Å². The highest BCUT2D eigenvalue weighted by molar-refractivity contribution is 6.30. The number of rotatable bonds is 7. The SMILES string of the molecule is C=CCN(CC=C)C(=O)/C(C#N)=C\N1CCN(c2cccc(Cl)c2)CC1. The minimum Gasteiger partial charge on any atom is -0.373 e. The zero-order valence-corrected chi connectivity index (χ0v) is 15.5. The van der Waals surface area contributed by atoms with E-state index in [4.69, 9.17) is 11.6 Å². The molecule has 1 heterocycles. The fraction of sp³-hybridized carbons (Fsp3) is 0.300. The average Bonchev–Trinajstić information content (AvgIpc) is 2.66. The van der Waals surface area contributed by atoms with E-state index in [0.29, 0.717) is 18.1 Å². The van der Waals surface area contributed by atoms with E-state index in [0.717, 1.165) is 31.9 Å². The van der Waals surface area contributed by atoms with Gasteiger partial charge in [0.25, 0.3) is 5.91 Å². The molecule has 1 aliphatic rings. The lowest BCUT2D eigenvalue weighted by atomic mass is 10.2. The molecule has 1 aromatic rings. The van der Waals surface area contributed by atoms with Gasteiger partial charge in [-0.2, -0.15) is 5.26 Å². The molecule has 1 saturated heterocycles. The van der Waals surface area contributed by atoms with Crippen LogP contribution in [0, 0.1) is 11.3 Å². The van der Waals surface area contributed by atoms with Gasteiger partial charge in [-0.05, 0) is 18.2 Å². The highest BCUT2D eigenvalue weighted by Crippen LogP contribution is 2.21. The number of halogens is 1. The summed E-state index contributed by atoms with van der Waals surface area (Å²) in [5.41, 5.74) is 1.21. The Morgan fingerprint density at radius 1 is 1.23 bits per heavy atom. The first kappa shape index (κ1) is 19.6. The second-order valence-electron chi connectivity index (χ2n) is 5.94. The van der Waals surface area contributed by atoms with Gasteiger partial charge in [-0.1, -0.05) is 29.8 Å². The standard InChI is InChI=1S/C20H23ClN4O/c1-3-8-25(9-4-2)20(26)17(15-22)16-23-10-12-24(13-11-23)19-7-5-6-18(21)14-19/h3-7,14,16H,1-2,8-13H2/b17-16-. The van der Waals surface area contributed by atoms with Gasteiger partial charge in [0.2, 0.25) is 0 Å². The van der Waals surface area contributed by atoms with Crippen LogP contribution in [0.15, 0.2) is 61.3 Å². The molecule has 0 unspecified atom stereocenters. The molecule has 0 aliphatic carbocycles. The molecule has 0 bridgehead atoms. The Balaban J connectivity index is 2.02. The first-order chi connectivity index (χ1) is 12.6. The predicted molar refractivity (Wildman–Crippen MR) is 106 cm³/mol. The third-order valence-corrected chi connectivity index (χ3v) is 4.37. The van der Waals surface area contributed by atoms with Crippen molar-refractivity contribution in [3.8, 4) is 6.07 Å². The number of nitriles is 1. The number of carbonyl (C=O) groups excluding carboxylic acids is 1. The Kier molecular flexibility index (Phi) is 7.31. The highest BCUT2D eigenvalue weighted by atomic mass is 35.5. The molecule has 0 atom stereocenters. The number of amides is 1. The van der Waals surface area contributed by atoms with Crippen molar-refractivity contribution in [3.63, 3.8) is 0 Å². The lowest BCUT2D eigenvalue weighted by molar-refractivity contribution is -0.125. The molecular formula is C20H23ClN4O. The van der Waals surface area contributed by atoms with Crippen molar-refractivity contribution >= 4 is 23.2 Å². The molecule has 0 radical (unpaired) electrons. The largest absolute Gasteiger partial charge is 0.373 e. The normalized spacial score (nSPS) is 14.5. The number of piperazine rings is 1. The van der Waals surface area contributed by atoms with Crippen LogP contribution >= 0.6 is 11.6 Å². The van der Waals surface area contributed by atoms with Crippen LogP contribution in [0.4, 0.5) is 5.69 Å². The zero-order valence-electron chi connectivity index (χ0n) is 14.8. The van der Waals surface area contributed by atoms with Crippen LogP contribution in [0.1, 0.15) is 0 Å². The summed E-state index contributed by atoms with van der Waals surface area (Å²) in [7, 11) is 0. The van der Waals surface area contributed by atoms with E-state index in [-0.39, 0.29) is 11.5 Å². The van der Waals surface area contributed by atoms with Gasteiger partial charge in [-0.15, -0.1) is 13.2 Å². The summed E-state index contributed by atoms with van der Waals surface area (Å²) in [5, 5.41) is 10.1. The summed E-state index contributed by atoms with van der Waals surface area (Å²) in [4.78, 5) is 18.3. The third kappa shape index (κ3) is 5.14. The van der Waals surface area contributed by atoms with Gasteiger partial charge in [0.1, 0.15) is 11.6 Å². The molecule has 136 valence electrons. The van der Waals surface area contributed by atoms with E-state index in [1.807, 2.05) is 35.2 Å². The maximum Gasteiger partial charge on any atom is 0.266 e. The Hall–Kier alpha value is -2.71. The molecule has 1 fully saturated rings. The number of nitrogens with zero attached hydrogens (tertiary/aromatic N) is 4. The summed E-state index contributed by atoms with van der Waals surface area (Å²) in [6.45, 7) is 11.1. The minimum atomic E-state index is -0.301. The second-order valence-corrected chi connectivity index (χ2v) is 6.38. The van der Waals surface area contributed by atoms with Gasteiger partial charge >= 0.3 is 0 Å². The van der Waals surface area contributed by atoms with Crippen molar-refractivity contribution < 1.29 is 4.79 Å². The number of carbonyl (C=O) groups is 1. The van der Waals surface area contributed by atoms with E-state index in [9.17, 15) is 10.1 Å². The van der Waals surface area contributed by atoms with Crippen molar-refractivity contribution in [1.29, 1.82) is 5.26 Å². The molecule has 6 heteroatoms.